The fourth-order valence-electron chi connectivity index (χ4n) is 1.41. The van der Waals surface area contributed by atoms with Crippen molar-refractivity contribution in [2.24, 2.45) is 0 Å². The van der Waals surface area contributed by atoms with Crippen molar-refractivity contribution in [1.29, 1.82) is 0 Å². The number of morpholine rings is 1. The molecule has 0 aliphatic carbocycles. The Morgan fingerprint density at radius 2 is 2.50 bits per heavy atom. The number of ether oxygens (including phenoxy) is 1. The first kappa shape index (κ1) is 10.4. The van der Waals surface area contributed by atoms with Gasteiger partial charge in [0.1, 0.15) is 5.15 Å². The van der Waals surface area contributed by atoms with E-state index >= 15 is 0 Å². The van der Waals surface area contributed by atoms with Crippen LogP contribution in [-0.4, -0.2) is 24.7 Å². The first-order chi connectivity index (χ1) is 6.77. The summed E-state index contributed by atoms with van der Waals surface area (Å²) in [6, 6.07) is 2.20. The third kappa shape index (κ3) is 2.25. The Balaban J connectivity index is 2.18. The van der Waals surface area contributed by atoms with Crippen molar-refractivity contribution in [3.05, 3.63) is 27.5 Å². The summed E-state index contributed by atoms with van der Waals surface area (Å²) in [5.74, 6) is 0. The quantitative estimate of drug-likeness (QED) is 0.799. The molecule has 1 aromatic heterocycles. The highest BCUT2D eigenvalue weighted by atomic mass is 79.9. The average molecular weight is 278 g/mol. The Bertz CT molecular complexity index is 329. The van der Waals surface area contributed by atoms with E-state index in [1.54, 1.807) is 6.20 Å². The third-order valence-corrected chi connectivity index (χ3v) is 3.28. The van der Waals surface area contributed by atoms with Gasteiger partial charge in [0.15, 0.2) is 0 Å². The molecule has 76 valence electrons. The molecule has 0 spiro atoms. The number of rotatable bonds is 1. The highest BCUT2D eigenvalue weighted by Crippen LogP contribution is 2.24. The van der Waals surface area contributed by atoms with Crippen LogP contribution < -0.4 is 5.32 Å². The van der Waals surface area contributed by atoms with Crippen LogP contribution in [0.3, 0.4) is 0 Å². The monoisotopic (exact) mass is 276 g/mol. The zero-order chi connectivity index (χ0) is 9.97. The van der Waals surface area contributed by atoms with E-state index in [2.05, 4.69) is 26.2 Å². The zero-order valence-corrected chi connectivity index (χ0v) is 9.81. The summed E-state index contributed by atoms with van der Waals surface area (Å²) in [4.78, 5) is 4.08. The molecule has 3 nitrogen and oxygen atoms in total. The minimum atomic E-state index is 0.227. The minimum absolute atomic E-state index is 0.227. The molecule has 1 saturated heterocycles. The van der Waals surface area contributed by atoms with Crippen LogP contribution in [0.1, 0.15) is 11.6 Å². The van der Waals surface area contributed by atoms with Crippen LogP contribution in [0.4, 0.5) is 0 Å². The van der Waals surface area contributed by atoms with Gasteiger partial charge in [-0.05, 0) is 27.6 Å². The number of pyridine rings is 1. The van der Waals surface area contributed by atoms with E-state index in [0.717, 1.165) is 23.2 Å². The molecule has 0 bridgehead atoms. The summed E-state index contributed by atoms with van der Waals surface area (Å²) in [7, 11) is 0. The standard InChI is InChI=1S/C9H10BrClN2O/c10-7-3-6(4-13-9(7)11)8-5-14-2-1-12-8/h3-4,8,12H,1-2,5H2. The molecule has 0 saturated carbocycles. The highest BCUT2D eigenvalue weighted by Gasteiger charge is 2.16. The number of hydrogen-bond acceptors (Lipinski definition) is 3. The summed E-state index contributed by atoms with van der Waals surface area (Å²) in [6.45, 7) is 2.35. The third-order valence-electron chi connectivity index (χ3n) is 2.14. The van der Waals surface area contributed by atoms with Gasteiger partial charge in [-0.3, -0.25) is 0 Å². The lowest BCUT2D eigenvalue weighted by Gasteiger charge is -2.23. The van der Waals surface area contributed by atoms with Crippen molar-refractivity contribution in [2.75, 3.05) is 19.8 Å². The van der Waals surface area contributed by atoms with Crippen LogP contribution in [0.15, 0.2) is 16.7 Å². The van der Waals surface area contributed by atoms with Crippen molar-refractivity contribution in [2.45, 2.75) is 6.04 Å². The number of halogens is 2. The lowest BCUT2D eigenvalue weighted by atomic mass is 10.1. The largest absolute Gasteiger partial charge is 0.378 e. The zero-order valence-electron chi connectivity index (χ0n) is 7.46. The lowest BCUT2D eigenvalue weighted by molar-refractivity contribution is 0.0767. The van der Waals surface area contributed by atoms with Crippen LogP contribution in [0.25, 0.3) is 0 Å². The molecular formula is C9H10BrClN2O. The van der Waals surface area contributed by atoms with Gasteiger partial charge < -0.3 is 10.1 Å². The topological polar surface area (TPSA) is 34.1 Å². The predicted molar refractivity (Wildman–Crippen MR) is 58.5 cm³/mol. The van der Waals surface area contributed by atoms with Crippen molar-refractivity contribution in [1.82, 2.24) is 10.3 Å². The van der Waals surface area contributed by atoms with Crippen molar-refractivity contribution >= 4 is 27.5 Å². The fraction of sp³-hybridized carbons (Fsp3) is 0.444. The molecule has 1 aliphatic rings. The van der Waals surface area contributed by atoms with E-state index in [9.17, 15) is 0 Å². The number of aromatic nitrogens is 1. The summed E-state index contributed by atoms with van der Waals surface area (Å²) in [5.41, 5.74) is 1.10. The molecule has 2 heterocycles. The van der Waals surface area contributed by atoms with Gasteiger partial charge in [-0.2, -0.15) is 0 Å². The van der Waals surface area contributed by atoms with Gasteiger partial charge in [0, 0.05) is 12.7 Å². The van der Waals surface area contributed by atoms with Gasteiger partial charge in [-0.25, -0.2) is 4.98 Å². The molecule has 1 atom stereocenters. The molecule has 1 fully saturated rings. The number of hydrogen-bond donors (Lipinski definition) is 1. The van der Waals surface area contributed by atoms with Gasteiger partial charge in [-0.15, -0.1) is 0 Å². The van der Waals surface area contributed by atoms with E-state index in [-0.39, 0.29) is 6.04 Å². The summed E-state index contributed by atoms with van der Waals surface area (Å²) in [6.07, 6.45) is 1.78. The van der Waals surface area contributed by atoms with E-state index in [4.69, 9.17) is 16.3 Å². The molecule has 2 rings (SSSR count). The van der Waals surface area contributed by atoms with Crippen molar-refractivity contribution in [3.8, 4) is 0 Å². The molecule has 14 heavy (non-hydrogen) atoms. The Labute approximate surface area is 95.9 Å². The summed E-state index contributed by atoms with van der Waals surface area (Å²) < 4.78 is 6.19. The molecule has 1 aliphatic heterocycles. The average Bonchev–Trinajstić information content (AvgIpc) is 2.23. The second-order valence-corrected chi connectivity index (χ2v) is 4.34. The Morgan fingerprint density at radius 1 is 1.64 bits per heavy atom. The van der Waals surface area contributed by atoms with E-state index in [0.29, 0.717) is 11.8 Å². The maximum Gasteiger partial charge on any atom is 0.143 e. The SMILES string of the molecule is Clc1ncc(C2COCCN2)cc1Br. The molecule has 0 radical (unpaired) electrons. The number of nitrogens with one attached hydrogen (secondary N) is 1. The number of nitrogens with zero attached hydrogens (tertiary/aromatic N) is 1. The van der Waals surface area contributed by atoms with Crippen LogP contribution in [0.2, 0.25) is 5.15 Å². The Kier molecular flexibility index (Phi) is 3.38. The van der Waals surface area contributed by atoms with Crippen molar-refractivity contribution in [3.63, 3.8) is 0 Å². The van der Waals surface area contributed by atoms with Gasteiger partial charge >= 0.3 is 0 Å². The summed E-state index contributed by atoms with van der Waals surface area (Å²) >= 11 is 9.16. The van der Waals surface area contributed by atoms with E-state index in [1.165, 1.54) is 0 Å². The predicted octanol–water partition coefficient (Wildman–Crippen LogP) is 2.16. The van der Waals surface area contributed by atoms with Gasteiger partial charge in [0.25, 0.3) is 0 Å². The highest BCUT2D eigenvalue weighted by molar-refractivity contribution is 9.10. The second kappa shape index (κ2) is 4.57. The summed E-state index contributed by atoms with van der Waals surface area (Å²) in [5, 5.41) is 3.84. The van der Waals surface area contributed by atoms with Crippen LogP contribution in [-0.2, 0) is 4.74 Å². The molecular weight excluding hydrogens is 267 g/mol. The first-order valence-corrected chi connectivity index (χ1v) is 5.56. The molecule has 1 aromatic rings. The van der Waals surface area contributed by atoms with E-state index < -0.39 is 0 Å². The maximum absolute atomic E-state index is 5.81. The fourth-order valence-corrected chi connectivity index (χ4v) is 1.88. The smallest absolute Gasteiger partial charge is 0.143 e. The molecule has 0 aromatic carbocycles. The molecule has 1 unspecified atom stereocenters. The molecule has 1 N–H and O–H groups in total. The van der Waals surface area contributed by atoms with Crippen molar-refractivity contribution < 1.29 is 4.74 Å². The molecule has 0 amide bonds. The Morgan fingerprint density at radius 3 is 3.14 bits per heavy atom. The normalized spacial score (nSPS) is 22.3. The van der Waals surface area contributed by atoms with Gasteiger partial charge in [0.05, 0.1) is 23.7 Å². The second-order valence-electron chi connectivity index (χ2n) is 3.12. The molecule has 5 heteroatoms. The van der Waals surface area contributed by atoms with Crippen LogP contribution in [0.5, 0.6) is 0 Å². The van der Waals surface area contributed by atoms with E-state index in [1.807, 2.05) is 6.07 Å². The lowest BCUT2D eigenvalue weighted by Crippen LogP contribution is -2.34. The van der Waals surface area contributed by atoms with Crippen LogP contribution in [0, 0.1) is 0 Å². The van der Waals surface area contributed by atoms with Gasteiger partial charge in [-0.1, -0.05) is 11.6 Å². The minimum Gasteiger partial charge on any atom is -0.378 e. The van der Waals surface area contributed by atoms with Gasteiger partial charge in [0.2, 0.25) is 0 Å². The first-order valence-electron chi connectivity index (χ1n) is 4.39. The maximum atomic E-state index is 5.81. The van der Waals surface area contributed by atoms with Crippen LogP contribution >= 0.6 is 27.5 Å². The Hall–Kier alpha value is -0.160.